The maximum atomic E-state index is 10.9. The van der Waals surface area contributed by atoms with Crippen molar-refractivity contribution in [3.63, 3.8) is 0 Å². The van der Waals surface area contributed by atoms with E-state index in [-0.39, 0.29) is 11.4 Å². The molecule has 6 nitrogen and oxygen atoms in total. The quantitative estimate of drug-likeness (QED) is 0.422. The van der Waals surface area contributed by atoms with Crippen molar-refractivity contribution in [2.24, 2.45) is 0 Å². The van der Waals surface area contributed by atoms with Crippen molar-refractivity contribution in [2.75, 3.05) is 26.9 Å². The van der Waals surface area contributed by atoms with Gasteiger partial charge in [0.1, 0.15) is 6.61 Å². The van der Waals surface area contributed by atoms with Gasteiger partial charge in [-0.2, -0.15) is 0 Å². The van der Waals surface area contributed by atoms with Crippen LogP contribution in [0, 0.1) is 10.1 Å². The fourth-order valence-corrected chi connectivity index (χ4v) is 1.58. The summed E-state index contributed by atoms with van der Waals surface area (Å²) in [4.78, 5) is 10.5. The largest absolute Gasteiger partial charge is 0.484 e. The first-order chi connectivity index (χ1) is 9.19. The number of methoxy groups -OCH3 is 1. The van der Waals surface area contributed by atoms with Gasteiger partial charge < -0.3 is 14.8 Å². The molecule has 0 aliphatic rings. The molecule has 0 aliphatic carbocycles. The normalized spacial score (nSPS) is 10.4. The van der Waals surface area contributed by atoms with Gasteiger partial charge in [-0.15, -0.1) is 0 Å². The Hall–Kier alpha value is -1.66. The molecular weight excluding hydrogens is 248 g/mol. The molecule has 0 aromatic heterocycles. The van der Waals surface area contributed by atoms with Gasteiger partial charge in [-0.1, -0.05) is 13.0 Å². The highest BCUT2D eigenvalue weighted by Crippen LogP contribution is 2.27. The molecule has 0 amide bonds. The van der Waals surface area contributed by atoms with Crippen LogP contribution in [0.5, 0.6) is 5.75 Å². The Labute approximate surface area is 112 Å². The Kier molecular flexibility index (Phi) is 6.84. The minimum absolute atomic E-state index is 0.0182. The van der Waals surface area contributed by atoms with Gasteiger partial charge in [-0.3, -0.25) is 10.1 Å². The van der Waals surface area contributed by atoms with Gasteiger partial charge in [0.15, 0.2) is 5.75 Å². The number of nitro groups is 1. The first-order valence-corrected chi connectivity index (χ1v) is 6.28. The van der Waals surface area contributed by atoms with Gasteiger partial charge in [0.25, 0.3) is 0 Å². The number of nitrogens with one attached hydrogen (secondary N) is 1. The second-order valence-corrected chi connectivity index (χ2v) is 4.08. The van der Waals surface area contributed by atoms with Crippen molar-refractivity contribution in [1.29, 1.82) is 0 Å². The Morgan fingerprint density at radius 1 is 1.37 bits per heavy atom. The van der Waals surface area contributed by atoms with Crippen LogP contribution in [0.15, 0.2) is 18.2 Å². The summed E-state index contributed by atoms with van der Waals surface area (Å²) in [6.45, 7) is 4.37. The topological polar surface area (TPSA) is 73.6 Å². The van der Waals surface area contributed by atoms with E-state index in [0.717, 1.165) is 18.5 Å². The van der Waals surface area contributed by atoms with Gasteiger partial charge in [0.05, 0.1) is 11.5 Å². The third-order valence-electron chi connectivity index (χ3n) is 2.52. The summed E-state index contributed by atoms with van der Waals surface area (Å²) in [5.41, 5.74) is 0.946. The number of hydrogen-bond acceptors (Lipinski definition) is 5. The van der Waals surface area contributed by atoms with Crippen LogP contribution < -0.4 is 10.1 Å². The summed E-state index contributed by atoms with van der Waals surface area (Å²) in [7, 11) is 1.56. The fraction of sp³-hybridized carbons (Fsp3) is 0.538. The molecule has 0 bridgehead atoms. The molecule has 106 valence electrons. The van der Waals surface area contributed by atoms with Crippen LogP contribution in [0.3, 0.4) is 0 Å². The van der Waals surface area contributed by atoms with Crippen LogP contribution >= 0.6 is 0 Å². The molecular formula is C13H20N2O4. The number of ether oxygens (including phenoxy) is 2. The molecule has 0 spiro atoms. The van der Waals surface area contributed by atoms with Gasteiger partial charge >= 0.3 is 5.69 Å². The predicted octanol–water partition coefficient (Wildman–Crippen LogP) is 2.12. The summed E-state index contributed by atoms with van der Waals surface area (Å²) in [6, 6.07) is 4.92. The molecule has 0 atom stereocenters. The first-order valence-electron chi connectivity index (χ1n) is 6.28. The molecule has 6 heteroatoms. The lowest BCUT2D eigenvalue weighted by Crippen LogP contribution is -2.14. The van der Waals surface area contributed by atoms with Crippen molar-refractivity contribution in [1.82, 2.24) is 5.32 Å². The fourth-order valence-electron chi connectivity index (χ4n) is 1.58. The molecule has 1 aromatic rings. The third kappa shape index (κ3) is 5.23. The predicted molar refractivity (Wildman–Crippen MR) is 72.5 cm³/mol. The molecule has 0 fully saturated rings. The van der Waals surface area contributed by atoms with E-state index in [0.29, 0.717) is 19.8 Å². The van der Waals surface area contributed by atoms with E-state index in [1.54, 1.807) is 19.2 Å². The lowest BCUT2D eigenvalue weighted by molar-refractivity contribution is -0.385. The molecule has 0 radical (unpaired) electrons. The number of nitro benzene ring substituents is 1. The van der Waals surface area contributed by atoms with E-state index in [1.165, 1.54) is 6.07 Å². The zero-order valence-electron chi connectivity index (χ0n) is 11.3. The Morgan fingerprint density at radius 2 is 2.16 bits per heavy atom. The molecule has 0 saturated carbocycles. The first kappa shape index (κ1) is 15.4. The maximum Gasteiger partial charge on any atom is 0.310 e. The summed E-state index contributed by atoms with van der Waals surface area (Å²) in [5, 5.41) is 14.1. The van der Waals surface area contributed by atoms with Gasteiger partial charge in [0.2, 0.25) is 0 Å². The summed E-state index contributed by atoms with van der Waals surface area (Å²) in [5.74, 6) is 0.290. The highest BCUT2D eigenvalue weighted by molar-refractivity contribution is 5.48. The van der Waals surface area contributed by atoms with Crippen LogP contribution in [-0.2, 0) is 11.3 Å². The standard InChI is InChI=1S/C13H20N2O4/c1-3-6-14-10-11-4-5-12(15(16)17)13(9-11)19-8-7-18-2/h4-5,9,14H,3,6-8,10H2,1-2H3. The lowest BCUT2D eigenvalue weighted by atomic mass is 10.2. The molecule has 19 heavy (non-hydrogen) atoms. The number of nitrogens with zero attached hydrogens (tertiary/aromatic N) is 1. The van der Waals surface area contributed by atoms with Gasteiger partial charge in [-0.05, 0) is 24.6 Å². The molecule has 0 heterocycles. The number of rotatable bonds is 9. The number of hydrogen-bond donors (Lipinski definition) is 1. The van der Waals surface area contributed by atoms with E-state index in [1.807, 2.05) is 0 Å². The number of benzene rings is 1. The third-order valence-corrected chi connectivity index (χ3v) is 2.52. The molecule has 1 aromatic carbocycles. The van der Waals surface area contributed by atoms with Crippen LogP contribution in [-0.4, -0.2) is 31.8 Å². The average molecular weight is 268 g/mol. The molecule has 1 rings (SSSR count). The van der Waals surface area contributed by atoms with Gasteiger partial charge in [-0.25, -0.2) is 0 Å². The smallest absolute Gasteiger partial charge is 0.310 e. The second-order valence-electron chi connectivity index (χ2n) is 4.08. The Balaban J connectivity index is 2.75. The highest BCUT2D eigenvalue weighted by Gasteiger charge is 2.15. The van der Waals surface area contributed by atoms with Crippen molar-refractivity contribution >= 4 is 5.69 Å². The molecule has 0 aliphatic heterocycles. The second kappa shape index (κ2) is 8.44. The van der Waals surface area contributed by atoms with Crippen LogP contribution in [0.1, 0.15) is 18.9 Å². The Morgan fingerprint density at radius 3 is 2.79 bits per heavy atom. The minimum Gasteiger partial charge on any atom is -0.484 e. The average Bonchev–Trinajstić information content (AvgIpc) is 2.39. The van der Waals surface area contributed by atoms with E-state index in [2.05, 4.69) is 12.2 Å². The van der Waals surface area contributed by atoms with E-state index in [4.69, 9.17) is 9.47 Å². The van der Waals surface area contributed by atoms with E-state index < -0.39 is 4.92 Å². The maximum absolute atomic E-state index is 10.9. The zero-order valence-corrected chi connectivity index (χ0v) is 11.3. The van der Waals surface area contributed by atoms with Crippen molar-refractivity contribution in [3.8, 4) is 5.75 Å². The highest BCUT2D eigenvalue weighted by atomic mass is 16.6. The summed E-state index contributed by atoms with van der Waals surface area (Å²) < 4.78 is 10.3. The molecule has 0 saturated heterocycles. The van der Waals surface area contributed by atoms with Gasteiger partial charge in [0, 0.05) is 19.7 Å². The summed E-state index contributed by atoms with van der Waals surface area (Å²) in [6.07, 6.45) is 1.05. The van der Waals surface area contributed by atoms with Crippen molar-refractivity contribution in [2.45, 2.75) is 19.9 Å². The Bertz CT molecular complexity index is 410. The van der Waals surface area contributed by atoms with Crippen molar-refractivity contribution < 1.29 is 14.4 Å². The van der Waals surface area contributed by atoms with Crippen molar-refractivity contribution in [3.05, 3.63) is 33.9 Å². The van der Waals surface area contributed by atoms with E-state index >= 15 is 0 Å². The molecule has 1 N–H and O–H groups in total. The van der Waals surface area contributed by atoms with Crippen LogP contribution in [0.25, 0.3) is 0 Å². The summed E-state index contributed by atoms with van der Waals surface area (Å²) >= 11 is 0. The van der Waals surface area contributed by atoms with Crippen LogP contribution in [0.4, 0.5) is 5.69 Å². The zero-order chi connectivity index (χ0) is 14.1. The van der Waals surface area contributed by atoms with Crippen LogP contribution in [0.2, 0.25) is 0 Å². The van der Waals surface area contributed by atoms with E-state index in [9.17, 15) is 10.1 Å². The monoisotopic (exact) mass is 268 g/mol. The minimum atomic E-state index is -0.439. The molecule has 0 unspecified atom stereocenters. The lowest BCUT2D eigenvalue weighted by Gasteiger charge is -2.09. The SMILES string of the molecule is CCCNCc1ccc([N+](=O)[O-])c(OCCOC)c1.